The lowest BCUT2D eigenvalue weighted by Gasteiger charge is -2.27. The van der Waals surface area contributed by atoms with Crippen molar-refractivity contribution in [2.45, 2.75) is 12.5 Å². The number of ether oxygens (including phenoxy) is 2. The number of likely N-dealkylation sites (N-methyl/N-ethyl adjacent to an activating group) is 1. The van der Waals surface area contributed by atoms with E-state index in [1.54, 1.807) is 25.1 Å². The number of carbonyl (C=O) groups is 1. The lowest BCUT2D eigenvalue weighted by molar-refractivity contribution is -0.136. The summed E-state index contributed by atoms with van der Waals surface area (Å²) in [5.74, 6) is 0.636. The molecule has 1 amide bonds. The number of rotatable bonds is 4. The molecule has 0 saturated carbocycles. The molecule has 1 aromatic rings. The number of benzene rings is 1. The minimum atomic E-state index is -1.39. The standard InChI is InChI=1S/C13H17N3O4/c1-8-13(15-18,12(17)16(2)14-8)9-5-6-10(19-3)11(7-9)20-4/h5-7,15,18H,1-4H3. The number of amides is 1. The molecule has 0 radical (unpaired) electrons. The number of hydrazone groups is 1. The van der Waals surface area contributed by atoms with E-state index < -0.39 is 5.54 Å². The van der Waals surface area contributed by atoms with Crippen LogP contribution in [0.15, 0.2) is 23.3 Å². The first-order valence-corrected chi connectivity index (χ1v) is 5.98. The Labute approximate surface area is 116 Å². The van der Waals surface area contributed by atoms with Gasteiger partial charge in [-0.15, -0.1) is 0 Å². The maximum Gasteiger partial charge on any atom is 0.275 e. The maximum atomic E-state index is 12.3. The summed E-state index contributed by atoms with van der Waals surface area (Å²) in [7, 11) is 4.56. The summed E-state index contributed by atoms with van der Waals surface area (Å²) in [4.78, 5) is 12.3. The van der Waals surface area contributed by atoms with Crippen LogP contribution in [-0.2, 0) is 10.3 Å². The normalized spacial score (nSPS) is 21.9. The van der Waals surface area contributed by atoms with Gasteiger partial charge in [0, 0.05) is 7.05 Å². The number of nitrogens with zero attached hydrogens (tertiary/aromatic N) is 2. The minimum Gasteiger partial charge on any atom is -0.493 e. The Hall–Kier alpha value is -2.12. The van der Waals surface area contributed by atoms with Gasteiger partial charge in [-0.1, -0.05) is 6.07 Å². The van der Waals surface area contributed by atoms with Crippen LogP contribution < -0.4 is 15.0 Å². The van der Waals surface area contributed by atoms with Crippen LogP contribution in [0.3, 0.4) is 0 Å². The van der Waals surface area contributed by atoms with E-state index >= 15 is 0 Å². The van der Waals surface area contributed by atoms with Crippen LogP contribution in [-0.4, -0.2) is 43.1 Å². The molecule has 0 fully saturated rings. The first-order valence-electron chi connectivity index (χ1n) is 5.98. The molecule has 0 aliphatic carbocycles. The summed E-state index contributed by atoms with van der Waals surface area (Å²) in [6.07, 6.45) is 0. The zero-order valence-electron chi connectivity index (χ0n) is 11.8. The molecule has 108 valence electrons. The van der Waals surface area contributed by atoms with Crippen molar-refractivity contribution in [3.63, 3.8) is 0 Å². The van der Waals surface area contributed by atoms with Gasteiger partial charge in [0.15, 0.2) is 17.0 Å². The van der Waals surface area contributed by atoms with Gasteiger partial charge in [-0.05, 0) is 24.6 Å². The molecule has 1 aliphatic heterocycles. The van der Waals surface area contributed by atoms with Crippen LogP contribution in [0.2, 0.25) is 0 Å². The molecular weight excluding hydrogens is 262 g/mol. The van der Waals surface area contributed by atoms with Gasteiger partial charge in [0.2, 0.25) is 0 Å². The van der Waals surface area contributed by atoms with Crippen molar-refractivity contribution in [3.05, 3.63) is 23.8 Å². The number of methoxy groups -OCH3 is 2. The molecule has 2 rings (SSSR count). The predicted octanol–water partition coefficient (Wildman–Crippen LogP) is 0.726. The lowest BCUT2D eigenvalue weighted by Crippen LogP contribution is -2.52. The molecule has 0 bridgehead atoms. The van der Waals surface area contributed by atoms with Crippen LogP contribution in [0.25, 0.3) is 0 Å². The van der Waals surface area contributed by atoms with Gasteiger partial charge in [-0.3, -0.25) is 4.79 Å². The Balaban J connectivity index is 2.59. The first kappa shape index (κ1) is 14.3. The van der Waals surface area contributed by atoms with Crippen LogP contribution in [0, 0.1) is 0 Å². The molecule has 1 aromatic carbocycles. The van der Waals surface area contributed by atoms with E-state index in [1.807, 2.05) is 0 Å². The van der Waals surface area contributed by atoms with Crippen LogP contribution in [0.4, 0.5) is 0 Å². The molecule has 0 spiro atoms. The van der Waals surface area contributed by atoms with Gasteiger partial charge in [-0.25, -0.2) is 5.01 Å². The Morgan fingerprint density at radius 2 is 1.95 bits per heavy atom. The fourth-order valence-corrected chi connectivity index (χ4v) is 2.34. The molecule has 2 N–H and O–H groups in total. The molecule has 7 heteroatoms. The zero-order valence-corrected chi connectivity index (χ0v) is 11.8. The number of nitrogens with one attached hydrogen (secondary N) is 1. The molecule has 1 unspecified atom stereocenters. The van der Waals surface area contributed by atoms with E-state index in [1.165, 1.54) is 26.3 Å². The van der Waals surface area contributed by atoms with E-state index in [9.17, 15) is 10.0 Å². The van der Waals surface area contributed by atoms with Gasteiger partial charge in [0.1, 0.15) is 0 Å². The highest BCUT2D eigenvalue weighted by Gasteiger charge is 2.50. The second-order valence-corrected chi connectivity index (χ2v) is 4.45. The summed E-state index contributed by atoms with van der Waals surface area (Å²) in [6, 6.07) is 4.99. The molecule has 1 heterocycles. The smallest absolute Gasteiger partial charge is 0.275 e. The second-order valence-electron chi connectivity index (χ2n) is 4.45. The third kappa shape index (κ3) is 1.83. The Morgan fingerprint density at radius 3 is 2.40 bits per heavy atom. The third-order valence-electron chi connectivity index (χ3n) is 3.44. The molecule has 1 atom stereocenters. The number of hydrogen-bond acceptors (Lipinski definition) is 6. The second kappa shape index (κ2) is 5.10. The Bertz CT molecular complexity index is 573. The summed E-state index contributed by atoms with van der Waals surface area (Å²) in [5, 5.41) is 14.8. The van der Waals surface area contributed by atoms with Crippen molar-refractivity contribution in [2.24, 2.45) is 5.10 Å². The van der Waals surface area contributed by atoms with Crippen LogP contribution in [0.1, 0.15) is 12.5 Å². The Morgan fingerprint density at radius 1 is 1.30 bits per heavy atom. The highest BCUT2D eigenvalue weighted by molar-refractivity contribution is 6.15. The maximum absolute atomic E-state index is 12.3. The average molecular weight is 279 g/mol. The molecule has 1 aliphatic rings. The largest absolute Gasteiger partial charge is 0.493 e. The van der Waals surface area contributed by atoms with E-state index in [0.29, 0.717) is 22.8 Å². The van der Waals surface area contributed by atoms with E-state index in [-0.39, 0.29) is 5.91 Å². The van der Waals surface area contributed by atoms with Crippen molar-refractivity contribution in [3.8, 4) is 11.5 Å². The van der Waals surface area contributed by atoms with E-state index in [0.717, 1.165) is 0 Å². The zero-order chi connectivity index (χ0) is 14.9. The van der Waals surface area contributed by atoms with Crippen molar-refractivity contribution < 1.29 is 19.5 Å². The molecule has 0 saturated heterocycles. The van der Waals surface area contributed by atoms with E-state index in [4.69, 9.17) is 9.47 Å². The van der Waals surface area contributed by atoms with Crippen LogP contribution >= 0.6 is 0 Å². The van der Waals surface area contributed by atoms with Gasteiger partial charge in [0.05, 0.1) is 19.9 Å². The highest BCUT2D eigenvalue weighted by Crippen LogP contribution is 2.36. The highest BCUT2D eigenvalue weighted by atomic mass is 16.5. The SMILES string of the molecule is COc1ccc(C2(NO)C(=O)N(C)N=C2C)cc1OC. The summed E-state index contributed by atoms with van der Waals surface area (Å²) >= 11 is 0. The molecule has 7 nitrogen and oxygen atoms in total. The van der Waals surface area contributed by atoms with Crippen molar-refractivity contribution >= 4 is 11.6 Å². The molecular formula is C13H17N3O4. The van der Waals surface area contributed by atoms with E-state index in [2.05, 4.69) is 10.6 Å². The quantitative estimate of drug-likeness (QED) is 0.794. The lowest BCUT2D eigenvalue weighted by atomic mass is 9.86. The van der Waals surface area contributed by atoms with Gasteiger partial charge < -0.3 is 14.7 Å². The monoisotopic (exact) mass is 279 g/mol. The van der Waals surface area contributed by atoms with Gasteiger partial charge in [0.25, 0.3) is 5.91 Å². The fraction of sp³-hybridized carbons (Fsp3) is 0.385. The van der Waals surface area contributed by atoms with Crippen molar-refractivity contribution in [2.75, 3.05) is 21.3 Å². The first-order chi connectivity index (χ1) is 9.51. The number of hydroxylamine groups is 1. The number of carbonyl (C=O) groups excluding carboxylic acids is 1. The topological polar surface area (TPSA) is 83.4 Å². The summed E-state index contributed by atoms with van der Waals surface area (Å²) < 4.78 is 10.4. The third-order valence-corrected chi connectivity index (χ3v) is 3.44. The summed E-state index contributed by atoms with van der Waals surface area (Å²) in [5.41, 5.74) is 1.67. The fourth-order valence-electron chi connectivity index (χ4n) is 2.34. The van der Waals surface area contributed by atoms with Crippen molar-refractivity contribution in [1.29, 1.82) is 0 Å². The number of hydrogen-bond donors (Lipinski definition) is 2. The molecule has 0 aromatic heterocycles. The minimum absolute atomic E-state index is 0.371. The molecule has 20 heavy (non-hydrogen) atoms. The van der Waals surface area contributed by atoms with Crippen LogP contribution in [0.5, 0.6) is 11.5 Å². The predicted molar refractivity (Wildman–Crippen MR) is 72.0 cm³/mol. The van der Waals surface area contributed by atoms with Crippen molar-refractivity contribution in [1.82, 2.24) is 10.5 Å². The van der Waals surface area contributed by atoms with Gasteiger partial charge >= 0.3 is 0 Å². The summed E-state index contributed by atoms with van der Waals surface area (Å²) in [6.45, 7) is 1.67. The Kier molecular flexibility index (Phi) is 3.65. The van der Waals surface area contributed by atoms with Gasteiger partial charge in [-0.2, -0.15) is 10.6 Å². The average Bonchev–Trinajstić information content (AvgIpc) is 2.69.